The fourth-order valence-corrected chi connectivity index (χ4v) is 5.63. The van der Waals surface area contributed by atoms with E-state index in [1.54, 1.807) is 35.9 Å². The summed E-state index contributed by atoms with van der Waals surface area (Å²) < 4.78 is 48.2. The lowest BCUT2D eigenvalue weighted by molar-refractivity contribution is -0.137. The molecule has 2 aromatic carbocycles. The maximum Gasteiger partial charge on any atom is 0.416 e. The van der Waals surface area contributed by atoms with E-state index in [4.69, 9.17) is 28.3 Å². The zero-order chi connectivity index (χ0) is 25.6. The lowest BCUT2D eigenvalue weighted by Gasteiger charge is -2.08. The second-order valence-electron chi connectivity index (χ2n) is 7.47. The van der Waals surface area contributed by atoms with Gasteiger partial charge in [0.1, 0.15) is 4.70 Å². The molecule has 0 saturated carbocycles. The average molecular weight is 568 g/mol. The second-order valence-corrected chi connectivity index (χ2v) is 10.5. The van der Waals surface area contributed by atoms with E-state index in [-0.39, 0.29) is 28.6 Å². The van der Waals surface area contributed by atoms with Crippen LogP contribution in [-0.2, 0) is 19.0 Å². The Kier molecular flexibility index (Phi) is 6.49. The summed E-state index contributed by atoms with van der Waals surface area (Å²) in [5.41, 5.74) is 0.237. The van der Waals surface area contributed by atoms with Gasteiger partial charge >= 0.3 is 6.18 Å². The fourth-order valence-electron chi connectivity index (χ4n) is 3.35. The second kappa shape index (κ2) is 9.47. The van der Waals surface area contributed by atoms with Crippen molar-refractivity contribution in [3.8, 4) is 17.1 Å². The van der Waals surface area contributed by atoms with Gasteiger partial charge in [0.05, 0.1) is 11.3 Å². The molecular formula is C22H13ClF3N5O2S3. The van der Waals surface area contributed by atoms with E-state index in [0.717, 1.165) is 29.2 Å². The normalized spacial score (nSPS) is 11.9. The molecule has 3 aromatic heterocycles. The Labute approximate surface area is 219 Å². The molecule has 184 valence electrons. The number of aromatic nitrogens is 5. The third kappa shape index (κ3) is 4.71. The van der Waals surface area contributed by atoms with Crippen LogP contribution in [0.2, 0.25) is 5.02 Å². The van der Waals surface area contributed by atoms with Crippen molar-refractivity contribution in [3.05, 3.63) is 79.3 Å². The molecule has 0 aliphatic carbocycles. The highest BCUT2D eigenvalue weighted by Gasteiger charge is 2.30. The lowest BCUT2D eigenvalue weighted by Crippen LogP contribution is -2.19. The van der Waals surface area contributed by atoms with Crippen LogP contribution >= 0.6 is 46.9 Å². The molecule has 0 aliphatic rings. The number of hydrogen-bond acceptors (Lipinski definition) is 8. The van der Waals surface area contributed by atoms with Crippen LogP contribution < -0.4 is 5.56 Å². The van der Waals surface area contributed by atoms with Gasteiger partial charge in [0.25, 0.3) is 5.56 Å². The predicted molar refractivity (Wildman–Crippen MR) is 134 cm³/mol. The van der Waals surface area contributed by atoms with Crippen molar-refractivity contribution in [3.63, 3.8) is 0 Å². The predicted octanol–water partition coefficient (Wildman–Crippen LogP) is 6.53. The highest BCUT2D eigenvalue weighted by molar-refractivity contribution is 7.98. The Morgan fingerprint density at radius 3 is 2.64 bits per heavy atom. The van der Waals surface area contributed by atoms with Crippen LogP contribution in [0.1, 0.15) is 11.5 Å². The van der Waals surface area contributed by atoms with Gasteiger partial charge in [-0.1, -0.05) is 52.0 Å². The number of rotatable bonds is 5. The summed E-state index contributed by atoms with van der Waals surface area (Å²) in [6.45, 7) is 0. The molecule has 0 radical (unpaired) electrons. The quantitative estimate of drug-likeness (QED) is 0.136. The van der Waals surface area contributed by atoms with E-state index >= 15 is 0 Å². The molecule has 14 heteroatoms. The first-order chi connectivity index (χ1) is 17.1. The number of fused-ring (bicyclic) bond motifs is 1. The van der Waals surface area contributed by atoms with Gasteiger partial charge in [-0.2, -0.15) is 18.2 Å². The molecule has 36 heavy (non-hydrogen) atoms. The summed E-state index contributed by atoms with van der Waals surface area (Å²) in [5.74, 6) is 0.341. The standard InChI is InChI=1S/C22H13ClF3N5O2S3/c1-30-19(32)16-18(31(21(34)36-16)14-7-5-13(23)6-8-14)28-20(30)35-10-15-27-17(29-33-15)11-3-2-4-12(9-11)22(24,25)26/h2-9H,10H2,1H3. The lowest BCUT2D eigenvalue weighted by atomic mass is 10.1. The van der Waals surface area contributed by atoms with Gasteiger partial charge in [-0.05, 0) is 48.6 Å². The monoisotopic (exact) mass is 567 g/mol. The first-order valence-electron chi connectivity index (χ1n) is 10.1. The van der Waals surface area contributed by atoms with Crippen LogP contribution in [0.15, 0.2) is 63.0 Å². The summed E-state index contributed by atoms with van der Waals surface area (Å²) in [4.78, 5) is 21.9. The SMILES string of the molecule is Cn1c(SCc2nc(-c3cccc(C(F)(F)F)c3)no2)nc2c(sc(=S)n2-c2ccc(Cl)cc2)c1=O. The smallest absolute Gasteiger partial charge is 0.338 e. The van der Waals surface area contributed by atoms with Gasteiger partial charge in [-0.15, -0.1) is 0 Å². The van der Waals surface area contributed by atoms with Crippen LogP contribution in [0, 0.1) is 3.95 Å². The van der Waals surface area contributed by atoms with Crippen LogP contribution in [0.5, 0.6) is 0 Å². The Morgan fingerprint density at radius 1 is 1.17 bits per heavy atom. The fraction of sp³-hybridized carbons (Fsp3) is 0.136. The van der Waals surface area contributed by atoms with E-state index in [9.17, 15) is 18.0 Å². The Balaban J connectivity index is 1.45. The number of alkyl halides is 3. The van der Waals surface area contributed by atoms with Crippen molar-refractivity contribution in [2.45, 2.75) is 17.1 Å². The van der Waals surface area contributed by atoms with E-state index in [0.29, 0.717) is 24.5 Å². The molecule has 3 heterocycles. The molecule has 0 N–H and O–H groups in total. The van der Waals surface area contributed by atoms with Crippen molar-refractivity contribution >= 4 is 57.3 Å². The largest absolute Gasteiger partial charge is 0.416 e. The highest BCUT2D eigenvalue weighted by Crippen LogP contribution is 2.32. The summed E-state index contributed by atoms with van der Waals surface area (Å²) in [6, 6.07) is 11.7. The molecule has 5 rings (SSSR count). The number of hydrogen-bond donors (Lipinski definition) is 0. The molecular weight excluding hydrogens is 555 g/mol. The van der Waals surface area contributed by atoms with Crippen molar-refractivity contribution in [1.82, 2.24) is 24.3 Å². The number of benzene rings is 2. The van der Waals surface area contributed by atoms with Crippen LogP contribution in [0.4, 0.5) is 13.2 Å². The Bertz CT molecular complexity index is 1710. The molecule has 0 saturated heterocycles. The van der Waals surface area contributed by atoms with Crippen molar-refractivity contribution in [2.75, 3.05) is 0 Å². The average Bonchev–Trinajstić information content (AvgIpc) is 3.45. The number of thiazole rings is 1. The zero-order valence-electron chi connectivity index (χ0n) is 18.1. The maximum absolute atomic E-state index is 13.0. The number of thioether (sulfide) groups is 1. The molecule has 0 bridgehead atoms. The minimum Gasteiger partial charge on any atom is -0.338 e. The van der Waals surface area contributed by atoms with Crippen molar-refractivity contribution in [2.24, 2.45) is 7.05 Å². The third-order valence-electron chi connectivity index (χ3n) is 5.10. The highest BCUT2D eigenvalue weighted by atomic mass is 35.5. The van der Waals surface area contributed by atoms with Gasteiger partial charge in [-0.25, -0.2) is 4.98 Å². The molecule has 0 unspecified atom stereocenters. The number of nitrogens with zero attached hydrogens (tertiary/aromatic N) is 5. The van der Waals surface area contributed by atoms with Crippen molar-refractivity contribution in [1.29, 1.82) is 0 Å². The van der Waals surface area contributed by atoms with Crippen molar-refractivity contribution < 1.29 is 17.7 Å². The van der Waals surface area contributed by atoms with Gasteiger partial charge in [0.15, 0.2) is 14.8 Å². The van der Waals surface area contributed by atoms with Gasteiger partial charge < -0.3 is 4.52 Å². The first-order valence-corrected chi connectivity index (χ1v) is 12.7. The van der Waals surface area contributed by atoms with Gasteiger partial charge in [-0.3, -0.25) is 13.9 Å². The van der Waals surface area contributed by atoms with E-state index < -0.39 is 11.7 Å². The van der Waals surface area contributed by atoms with Gasteiger partial charge in [0.2, 0.25) is 11.7 Å². The molecule has 0 aliphatic heterocycles. The van der Waals surface area contributed by atoms with Crippen LogP contribution in [0.3, 0.4) is 0 Å². The molecule has 5 aromatic rings. The van der Waals surface area contributed by atoms with E-state index in [1.807, 2.05) is 0 Å². The van der Waals surface area contributed by atoms with Gasteiger partial charge in [0, 0.05) is 23.3 Å². The summed E-state index contributed by atoms with van der Waals surface area (Å²) in [5, 5.41) is 4.73. The minimum absolute atomic E-state index is 0.0307. The summed E-state index contributed by atoms with van der Waals surface area (Å²) >= 11 is 13.8. The maximum atomic E-state index is 13.0. The molecule has 0 atom stereocenters. The van der Waals surface area contributed by atoms with Crippen LogP contribution in [-0.4, -0.2) is 24.3 Å². The molecule has 0 spiro atoms. The number of halogens is 4. The zero-order valence-corrected chi connectivity index (χ0v) is 21.3. The topological polar surface area (TPSA) is 78.7 Å². The van der Waals surface area contributed by atoms with E-state index in [2.05, 4.69) is 15.1 Å². The molecule has 7 nitrogen and oxygen atoms in total. The third-order valence-corrected chi connectivity index (χ3v) is 7.72. The molecule has 0 amide bonds. The Morgan fingerprint density at radius 2 is 1.92 bits per heavy atom. The van der Waals surface area contributed by atoms with Crippen LogP contribution in [0.25, 0.3) is 27.4 Å². The Hall–Kier alpha value is -3.00. The molecule has 0 fully saturated rings. The minimum atomic E-state index is -4.48. The summed E-state index contributed by atoms with van der Waals surface area (Å²) in [6.07, 6.45) is -4.48. The summed E-state index contributed by atoms with van der Waals surface area (Å²) in [7, 11) is 1.59. The van der Waals surface area contributed by atoms with E-state index in [1.165, 1.54) is 28.5 Å². The first kappa shape index (κ1) is 24.7.